The molecule has 0 spiro atoms. The Morgan fingerprint density at radius 2 is 1.67 bits per heavy atom. The van der Waals surface area contributed by atoms with Crippen molar-refractivity contribution in [3.63, 3.8) is 0 Å². The van der Waals surface area contributed by atoms with Crippen LogP contribution in [0.2, 0.25) is 0 Å². The minimum atomic E-state index is 0.120. The van der Waals surface area contributed by atoms with Crippen LogP contribution < -0.4 is 0 Å². The highest BCUT2D eigenvalue weighted by molar-refractivity contribution is 5.94. The molecular formula is C16H25NO. The quantitative estimate of drug-likeness (QED) is 0.774. The summed E-state index contributed by atoms with van der Waals surface area (Å²) in [6.07, 6.45) is 1.05. The number of carbonyl (C=O) groups is 1. The first-order chi connectivity index (χ1) is 8.43. The number of hydrogen-bond acceptors (Lipinski definition) is 1. The van der Waals surface area contributed by atoms with Gasteiger partial charge in [-0.15, -0.1) is 0 Å². The third-order valence-electron chi connectivity index (χ3n) is 3.32. The van der Waals surface area contributed by atoms with E-state index >= 15 is 0 Å². The lowest BCUT2D eigenvalue weighted by atomic mass is 9.93. The largest absolute Gasteiger partial charge is 0.338 e. The summed E-state index contributed by atoms with van der Waals surface area (Å²) < 4.78 is 0. The summed E-state index contributed by atoms with van der Waals surface area (Å²) in [7, 11) is 1.92. The zero-order chi connectivity index (χ0) is 13.7. The van der Waals surface area contributed by atoms with Crippen molar-refractivity contribution >= 4 is 5.91 Å². The zero-order valence-electron chi connectivity index (χ0n) is 12.2. The normalized spacial score (nSPS) is 12.8. The summed E-state index contributed by atoms with van der Waals surface area (Å²) in [5.74, 6) is 1.20. The molecule has 0 heterocycles. The van der Waals surface area contributed by atoms with E-state index in [4.69, 9.17) is 0 Å². The first-order valence-corrected chi connectivity index (χ1v) is 6.75. The maximum atomic E-state index is 12.4. The molecule has 0 saturated carbocycles. The molecule has 0 aliphatic carbocycles. The van der Waals surface area contributed by atoms with Crippen LogP contribution in [-0.4, -0.2) is 23.9 Å². The van der Waals surface area contributed by atoms with Crippen LogP contribution in [0.15, 0.2) is 30.3 Å². The lowest BCUT2D eigenvalue weighted by Gasteiger charge is -2.32. The Morgan fingerprint density at radius 3 is 2.11 bits per heavy atom. The summed E-state index contributed by atoms with van der Waals surface area (Å²) in [5, 5.41) is 0. The number of nitrogens with zero attached hydrogens (tertiary/aromatic N) is 1. The predicted octanol–water partition coefficient (Wildman–Crippen LogP) is 3.83. The van der Waals surface area contributed by atoms with Crippen molar-refractivity contribution in [1.82, 2.24) is 4.90 Å². The molecule has 0 aliphatic heterocycles. The van der Waals surface area contributed by atoms with E-state index in [1.807, 2.05) is 42.3 Å². The van der Waals surface area contributed by atoms with E-state index in [1.165, 1.54) is 0 Å². The Morgan fingerprint density at radius 1 is 1.11 bits per heavy atom. The summed E-state index contributed by atoms with van der Waals surface area (Å²) >= 11 is 0. The summed E-state index contributed by atoms with van der Waals surface area (Å²) in [5.41, 5.74) is 0.773. The fourth-order valence-electron chi connectivity index (χ4n) is 2.30. The van der Waals surface area contributed by atoms with Gasteiger partial charge in [-0.1, -0.05) is 45.9 Å². The molecule has 1 unspecified atom stereocenters. The molecule has 0 N–H and O–H groups in total. The van der Waals surface area contributed by atoms with Gasteiger partial charge in [0.15, 0.2) is 0 Å². The predicted molar refractivity (Wildman–Crippen MR) is 76.6 cm³/mol. The number of carbonyl (C=O) groups excluding carboxylic acids is 1. The van der Waals surface area contributed by atoms with Crippen LogP contribution in [0.5, 0.6) is 0 Å². The van der Waals surface area contributed by atoms with E-state index in [2.05, 4.69) is 27.7 Å². The van der Waals surface area contributed by atoms with Crippen LogP contribution in [0.3, 0.4) is 0 Å². The van der Waals surface area contributed by atoms with Gasteiger partial charge >= 0.3 is 0 Å². The van der Waals surface area contributed by atoms with Crippen LogP contribution in [0.25, 0.3) is 0 Å². The molecule has 2 heteroatoms. The van der Waals surface area contributed by atoms with Gasteiger partial charge in [0.2, 0.25) is 0 Å². The second-order valence-electron chi connectivity index (χ2n) is 5.72. The lowest BCUT2D eigenvalue weighted by Crippen LogP contribution is -2.41. The topological polar surface area (TPSA) is 20.3 Å². The highest BCUT2D eigenvalue weighted by Gasteiger charge is 2.24. The second kappa shape index (κ2) is 6.58. The SMILES string of the molecule is CC(C)CC(C(C)C)N(C)C(=O)c1ccccc1. The molecule has 1 aromatic carbocycles. The molecular weight excluding hydrogens is 222 g/mol. The van der Waals surface area contributed by atoms with Gasteiger partial charge in [-0.05, 0) is 30.4 Å². The molecule has 100 valence electrons. The van der Waals surface area contributed by atoms with E-state index in [0.29, 0.717) is 17.9 Å². The number of rotatable bonds is 5. The van der Waals surface area contributed by atoms with Crippen molar-refractivity contribution in [2.24, 2.45) is 11.8 Å². The van der Waals surface area contributed by atoms with Gasteiger partial charge in [0.1, 0.15) is 0 Å². The van der Waals surface area contributed by atoms with E-state index in [9.17, 15) is 4.79 Å². The van der Waals surface area contributed by atoms with Gasteiger partial charge in [-0.25, -0.2) is 0 Å². The molecule has 0 bridgehead atoms. The molecule has 1 rings (SSSR count). The molecule has 0 fully saturated rings. The van der Waals surface area contributed by atoms with Gasteiger partial charge < -0.3 is 4.90 Å². The van der Waals surface area contributed by atoms with Gasteiger partial charge in [-0.2, -0.15) is 0 Å². The average Bonchev–Trinajstić information content (AvgIpc) is 2.34. The smallest absolute Gasteiger partial charge is 0.253 e. The maximum absolute atomic E-state index is 12.4. The van der Waals surface area contributed by atoms with Gasteiger partial charge in [0, 0.05) is 18.7 Å². The highest BCUT2D eigenvalue weighted by Crippen LogP contribution is 2.20. The van der Waals surface area contributed by atoms with Crippen LogP contribution in [0, 0.1) is 11.8 Å². The first-order valence-electron chi connectivity index (χ1n) is 6.75. The summed E-state index contributed by atoms with van der Waals surface area (Å²) in [6.45, 7) is 8.77. The molecule has 18 heavy (non-hydrogen) atoms. The van der Waals surface area contributed by atoms with Crippen molar-refractivity contribution in [3.05, 3.63) is 35.9 Å². The molecule has 1 atom stereocenters. The second-order valence-corrected chi connectivity index (χ2v) is 5.72. The zero-order valence-corrected chi connectivity index (χ0v) is 12.2. The average molecular weight is 247 g/mol. The molecule has 0 aliphatic rings. The summed E-state index contributed by atoms with van der Waals surface area (Å²) in [4.78, 5) is 14.3. The Hall–Kier alpha value is -1.31. The lowest BCUT2D eigenvalue weighted by molar-refractivity contribution is 0.0663. The molecule has 0 saturated heterocycles. The van der Waals surface area contributed by atoms with Crippen molar-refractivity contribution in [3.8, 4) is 0 Å². The third-order valence-corrected chi connectivity index (χ3v) is 3.32. The number of hydrogen-bond donors (Lipinski definition) is 0. The number of amides is 1. The van der Waals surface area contributed by atoms with Crippen LogP contribution >= 0.6 is 0 Å². The van der Waals surface area contributed by atoms with Gasteiger partial charge in [0.25, 0.3) is 5.91 Å². The number of benzene rings is 1. The molecule has 0 radical (unpaired) electrons. The van der Waals surface area contributed by atoms with E-state index in [-0.39, 0.29) is 5.91 Å². The van der Waals surface area contributed by atoms with Gasteiger partial charge in [0.05, 0.1) is 0 Å². The highest BCUT2D eigenvalue weighted by atomic mass is 16.2. The van der Waals surface area contributed by atoms with Gasteiger partial charge in [-0.3, -0.25) is 4.79 Å². The monoisotopic (exact) mass is 247 g/mol. The van der Waals surface area contributed by atoms with E-state index in [0.717, 1.165) is 12.0 Å². The molecule has 2 nitrogen and oxygen atoms in total. The van der Waals surface area contributed by atoms with Crippen LogP contribution in [-0.2, 0) is 0 Å². The molecule has 1 aromatic rings. The van der Waals surface area contributed by atoms with Crippen molar-refractivity contribution in [2.45, 2.75) is 40.2 Å². The van der Waals surface area contributed by atoms with Crippen molar-refractivity contribution in [1.29, 1.82) is 0 Å². The first kappa shape index (κ1) is 14.7. The maximum Gasteiger partial charge on any atom is 0.253 e. The Balaban J connectivity index is 2.83. The Bertz CT molecular complexity index is 370. The molecule has 0 aromatic heterocycles. The minimum absolute atomic E-state index is 0.120. The Kier molecular flexibility index (Phi) is 5.39. The third kappa shape index (κ3) is 3.86. The van der Waals surface area contributed by atoms with Crippen molar-refractivity contribution in [2.75, 3.05) is 7.05 Å². The fraction of sp³-hybridized carbons (Fsp3) is 0.562. The standard InChI is InChI=1S/C16H25NO/c1-12(2)11-15(13(3)4)17(5)16(18)14-9-7-6-8-10-14/h6-10,12-13,15H,11H2,1-5H3. The van der Waals surface area contributed by atoms with E-state index < -0.39 is 0 Å². The van der Waals surface area contributed by atoms with Crippen molar-refractivity contribution < 1.29 is 4.79 Å². The molecule has 1 amide bonds. The van der Waals surface area contributed by atoms with Crippen LogP contribution in [0.1, 0.15) is 44.5 Å². The minimum Gasteiger partial charge on any atom is -0.338 e. The fourth-order valence-corrected chi connectivity index (χ4v) is 2.30. The van der Waals surface area contributed by atoms with Crippen LogP contribution in [0.4, 0.5) is 0 Å². The summed E-state index contributed by atoms with van der Waals surface area (Å²) in [6, 6.07) is 9.82. The Labute approximate surface area is 111 Å². The van der Waals surface area contributed by atoms with E-state index in [1.54, 1.807) is 0 Å².